The number of carbonyl (C=O) groups is 2. The van der Waals surface area contributed by atoms with Crippen LogP contribution >= 0.6 is 30.4 Å². The van der Waals surface area contributed by atoms with E-state index in [2.05, 4.69) is 21.2 Å². The number of hydrogen-bond donors (Lipinski definition) is 0. The maximum Gasteiger partial charge on any atom is 0.419 e. The van der Waals surface area contributed by atoms with Gasteiger partial charge in [0, 0.05) is 50.8 Å². The van der Waals surface area contributed by atoms with Gasteiger partial charge in [0.15, 0.2) is 0 Å². The molecule has 0 radical (unpaired) electrons. The van der Waals surface area contributed by atoms with E-state index in [0.717, 1.165) is 17.2 Å². The van der Waals surface area contributed by atoms with E-state index in [0.29, 0.717) is 62.1 Å². The quantitative estimate of drug-likeness (QED) is 0.105. The van der Waals surface area contributed by atoms with Gasteiger partial charge in [0.2, 0.25) is 6.41 Å². The zero-order valence-corrected chi connectivity index (χ0v) is 23.8. The summed E-state index contributed by atoms with van der Waals surface area (Å²) >= 11 is 2.06. The number of hydrogen-bond acceptors (Lipinski definition) is 8. The smallest absolute Gasteiger partial charge is 0.419 e. The van der Waals surface area contributed by atoms with Crippen molar-refractivity contribution in [1.82, 2.24) is 4.57 Å². The summed E-state index contributed by atoms with van der Waals surface area (Å²) in [4.78, 5) is 26.0. The SMILES string of the molecule is CN(C=O)c1ccc2c3ccc(OCCOCCOCCOSI)cc3n(C(=O)OC(C)(C)C)c2c1. The van der Waals surface area contributed by atoms with Crippen LogP contribution in [0.2, 0.25) is 0 Å². The predicted molar refractivity (Wildman–Crippen MR) is 150 cm³/mol. The van der Waals surface area contributed by atoms with E-state index in [-0.39, 0.29) is 0 Å². The van der Waals surface area contributed by atoms with E-state index in [9.17, 15) is 9.59 Å². The van der Waals surface area contributed by atoms with Gasteiger partial charge in [0.05, 0.1) is 53.3 Å². The first-order valence-electron chi connectivity index (χ1n) is 11.4. The number of benzene rings is 2. The Morgan fingerprint density at radius 2 is 1.58 bits per heavy atom. The van der Waals surface area contributed by atoms with Gasteiger partial charge in [-0.3, -0.25) is 4.79 Å². The summed E-state index contributed by atoms with van der Waals surface area (Å²) in [7, 11) is 2.94. The summed E-state index contributed by atoms with van der Waals surface area (Å²) in [6.45, 7) is 8.22. The van der Waals surface area contributed by atoms with Crippen molar-refractivity contribution in [2.75, 3.05) is 51.6 Å². The summed E-state index contributed by atoms with van der Waals surface area (Å²) in [5.41, 5.74) is 1.30. The third kappa shape index (κ3) is 7.72. The molecule has 0 spiro atoms. The van der Waals surface area contributed by atoms with Crippen LogP contribution in [0.3, 0.4) is 0 Å². The van der Waals surface area contributed by atoms with Gasteiger partial charge in [0.1, 0.15) is 18.0 Å². The monoisotopic (exact) mass is 630 g/mol. The number of nitrogens with zero attached hydrogens (tertiary/aromatic N) is 2. The molecule has 0 aliphatic carbocycles. The summed E-state index contributed by atoms with van der Waals surface area (Å²) in [5.74, 6) is 0.605. The molecule has 11 heteroatoms. The molecule has 0 aliphatic heterocycles. The molecule has 0 N–H and O–H groups in total. The van der Waals surface area contributed by atoms with E-state index in [4.69, 9.17) is 23.1 Å². The van der Waals surface area contributed by atoms with E-state index < -0.39 is 11.7 Å². The second kappa shape index (κ2) is 13.5. The first kappa shape index (κ1) is 28.5. The van der Waals surface area contributed by atoms with Crippen LogP contribution in [0.1, 0.15) is 20.8 Å². The van der Waals surface area contributed by atoms with Crippen molar-refractivity contribution in [3.8, 4) is 5.75 Å². The molecular formula is C25H31IN2O7S. The molecule has 0 bridgehead atoms. The van der Waals surface area contributed by atoms with Gasteiger partial charge in [-0.1, -0.05) is 6.07 Å². The number of halogens is 1. The highest BCUT2D eigenvalue weighted by Gasteiger charge is 2.23. The number of aromatic nitrogens is 1. The Hall–Kier alpha value is -2.06. The molecule has 1 amide bonds. The van der Waals surface area contributed by atoms with E-state index in [1.165, 1.54) is 18.7 Å². The van der Waals surface area contributed by atoms with Crippen molar-refractivity contribution in [2.24, 2.45) is 0 Å². The minimum Gasteiger partial charge on any atom is -0.491 e. The molecule has 3 rings (SSSR count). The van der Waals surface area contributed by atoms with Gasteiger partial charge in [-0.25, -0.2) is 9.36 Å². The zero-order valence-electron chi connectivity index (χ0n) is 20.8. The van der Waals surface area contributed by atoms with Gasteiger partial charge in [-0.05, 0) is 45.0 Å². The lowest BCUT2D eigenvalue weighted by molar-refractivity contribution is -0.107. The maximum absolute atomic E-state index is 13.2. The summed E-state index contributed by atoms with van der Waals surface area (Å²) in [6, 6.07) is 11.1. The highest BCUT2D eigenvalue weighted by atomic mass is 127. The highest BCUT2D eigenvalue weighted by molar-refractivity contribution is 14.2. The van der Waals surface area contributed by atoms with Crippen molar-refractivity contribution in [3.63, 3.8) is 0 Å². The van der Waals surface area contributed by atoms with E-state index in [1.807, 2.05) is 51.1 Å². The topological polar surface area (TPSA) is 88.5 Å². The average Bonchev–Trinajstić information content (AvgIpc) is 3.16. The summed E-state index contributed by atoms with van der Waals surface area (Å²) in [6.07, 6.45) is 0.220. The number of amides is 1. The molecule has 0 unspecified atom stereocenters. The van der Waals surface area contributed by atoms with Crippen LogP contribution in [0.25, 0.3) is 21.8 Å². The molecule has 3 aromatic rings. The van der Waals surface area contributed by atoms with E-state index in [1.54, 1.807) is 13.1 Å². The Bertz CT molecular complexity index is 1180. The third-order valence-corrected chi connectivity index (χ3v) is 6.11. The Morgan fingerprint density at radius 3 is 2.22 bits per heavy atom. The summed E-state index contributed by atoms with van der Waals surface area (Å²) < 4.78 is 29.2. The second-order valence-electron chi connectivity index (χ2n) is 8.87. The first-order chi connectivity index (χ1) is 17.2. The standard InChI is InChI=1S/C25H31IN2O7S/c1-25(2,3)35-24(30)28-22-15-18(27(4)17-29)5-7-20(22)21-8-6-19(16-23(21)28)33-13-11-31-9-10-32-12-14-34-36-26/h5-8,15-17H,9-14H2,1-4H3. The maximum atomic E-state index is 13.2. The highest BCUT2D eigenvalue weighted by Crippen LogP contribution is 2.34. The molecule has 0 aliphatic rings. The van der Waals surface area contributed by atoms with Crippen molar-refractivity contribution in [3.05, 3.63) is 36.4 Å². The van der Waals surface area contributed by atoms with Gasteiger partial charge in [0.25, 0.3) is 0 Å². The summed E-state index contributed by atoms with van der Waals surface area (Å²) in [5, 5.41) is 1.75. The lowest BCUT2D eigenvalue weighted by atomic mass is 10.1. The van der Waals surface area contributed by atoms with Crippen molar-refractivity contribution in [2.45, 2.75) is 26.4 Å². The van der Waals surface area contributed by atoms with Crippen molar-refractivity contribution < 1.29 is 32.7 Å². The van der Waals surface area contributed by atoms with Gasteiger partial charge >= 0.3 is 6.09 Å². The Morgan fingerprint density at radius 1 is 0.972 bits per heavy atom. The van der Waals surface area contributed by atoms with Gasteiger partial charge in [-0.2, -0.15) is 0 Å². The van der Waals surface area contributed by atoms with Crippen molar-refractivity contribution >= 4 is 70.4 Å². The molecule has 1 aromatic heterocycles. The number of fused-ring (bicyclic) bond motifs is 3. The molecular weight excluding hydrogens is 599 g/mol. The lowest BCUT2D eigenvalue weighted by Crippen LogP contribution is -2.27. The predicted octanol–water partition coefficient (Wildman–Crippen LogP) is 5.60. The van der Waals surface area contributed by atoms with Crippen LogP contribution in [0.5, 0.6) is 5.75 Å². The fraction of sp³-hybridized carbons (Fsp3) is 0.440. The molecule has 2 aromatic carbocycles. The lowest BCUT2D eigenvalue weighted by Gasteiger charge is -2.20. The Labute approximate surface area is 227 Å². The van der Waals surface area contributed by atoms with Crippen molar-refractivity contribution in [1.29, 1.82) is 0 Å². The molecule has 0 saturated heterocycles. The minimum absolute atomic E-state index is 0.348. The van der Waals surface area contributed by atoms with E-state index >= 15 is 0 Å². The third-order valence-electron chi connectivity index (χ3n) is 5.09. The minimum atomic E-state index is -0.673. The van der Waals surface area contributed by atoms with Crippen LogP contribution in [-0.2, 0) is 23.2 Å². The zero-order chi connectivity index (χ0) is 26.1. The average molecular weight is 631 g/mol. The number of rotatable bonds is 13. The van der Waals surface area contributed by atoms with Crippen LogP contribution < -0.4 is 9.64 Å². The molecule has 196 valence electrons. The fourth-order valence-electron chi connectivity index (χ4n) is 3.53. The second-order valence-corrected chi connectivity index (χ2v) is 10.3. The van der Waals surface area contributed by atoms with Crippen LogP contribution in [0.4, 0.5) is 10.5 Å². The van der Waals surface area contributed by atoms with Crippen LogP contribution in [-0.4, -0.2) is 69.4 Å². The van der Waals surface area contributed by atoms with Gasteiger partial charge in [-0.15, -0.1) is 0 Å². The number of anilines is 1. The molecule has 0 atom stereocenters. The molecule has 36 heavy (non-hydrogen) atoms. The molecule has 0 fully saturated rings. The molecule has 0 saturated carbocycles. The fourth-order valence-corrected chi connectivity index (χ4v) is 4.20. The van der Waals surface area contributed by atoms with Gasteiger partial charge < -0.3 is 28.0 Å². The molecule has 9 nitrogen and oxygen atoms in total. The Kier molecular flexibility index (Phi) is 10.7. The number of ether oxygens (including phenoxy) is 4. The number of carbonyl (C=O) groups excluding carboxylic acids is 2. The largest absolute Gasteiger partial charge is 0.491 e. The molecule has 1 heterocycles. The first-order valence-corrected chi connectivity index (χ1v) is 14.7. The van der Waals surface area contributed by atoms with Crippen LogP contribution in [0.15, 0.2) is 36.4 Å². The van der Waals surface area contributed by atoms with Crippen LogP contribution in [0, 0.1) is 0 Å². The Balaban J connectivity index is 1.76. The normalized spacial score (nSPS) is 11.7.